The average molecular weight is 253 g/mol. The molecule has 0 aliphatic carbocycles. The number of hydrogen-bond donors (Lipinski definition) is 1. The van der Waals surface area contributed by atoms with Crippen LogP contribution in [0.4, 0.5) is 4.39 Å². The molecule has 0 saturated heterocycles. The molecule has 0 aliphatic rings. The number of pyridine rings is 1. The summed E-state index contributed by atoms with van der Waals surface area (Å²) in [6.07, 6.45) is 2.15. The number of aliphatic hydroxyl groups is 1. The Balaban J connectivity index is 1.95. The Labute approximate surface area is 103 Å². The fourth-order valence-electron chi connectivity index (χ4n) is 1.39. The molecular formula is C12H12FNO2S. The van der Waals surface area contributed by atoms with Crippen molar-refractivity contribution in [3.63, 3.8) is 0 Å². The van der Waals surface area contributed by atoms with Crippen LogP contribution in [0.2, 0.25) is 0 Å². The quantitative estimate of drug-likeness (QED) is 0.889. The highest BCUT2D eigenvalue weighted by atomic mass is 32.1. The summed E-state index contributed by atoms with van der Waals surface area (Å²) in [7, 11) is 0. The first-order valence-corrected chi connectivity index (χ1v) is 6.08. The molecule has 0 fully saturated rings. The first kappa shape index (κ1) is 12.0. The van der Waals surface area contributed by atoms with Crippen LogP contribution in [0, 0.1) is 5.82 Å². The maximum Gasteiger partial charge on any atom is 0.250 e. The van der Waals surface area contributed by atoms with Gasteiger partial charge < -0.3 is 9.84 Å². The van der Waals surface area contributed by atoms with Gasteiger partial charge in [-0.05, 0) is 17.5 Å². The van der Waals surface area contributed by atoms with E-state index in [1.54, 1.807) is 11.3 Å². The third-order valence-corrected chi connectivity index (χ3v) is 3.21. The standard InChI is InChI=1S/C12H12FNO2S/c13-11-9(8-15)3-5-14-12(11)16-6-4-10-2-1-7-17-10/h1-3,5,7,15H,4,6,8H2. The lowest BCUT2D eigenvalue weighted by atomic mass is 10.3. The molecule has 0 unspecified atom stereocenters. The number of rotatable bonds is 5. The minimum Gasteiger partial charge on any atom is -0.475 e. The minimum atomic E-state index is -0.582. The van der Waals surface area contributed by atoms with Crippen molar-refractivity contribution in [2.45, 2.75) is 13.0 Å². The van der Waals surface area contributed by atoms with E-state index in [1.807, 2.05) is 17.5 Å². The van der Waals surface area contributed by atoms with Gasteiger partial charge in [-0.1, -0.05) is 6.07 Å². The maximum absolute atomic E-state index is 13.6. The second-order valence-corrected chi connectivity index (χ2v) is 4.46. The molecular weight excluding hydrogens is 241 g/mol. The topological polar surface area (TPSA) is 42.4 Å². The van der Waals surface area contributed by atoms with E-state index >= 15 is 0 Å². The second kappa shape index (κ2) is 5.75. The van der Waals surface area contributed by atoms with Crippen LogP contribution >= 0.6 is 11.3 Å². The molecule has 0 aromatic carbocycles. The molecule has 3 nitrogen and oxygen atoms in total. The highest BCUT2D eigenvalue weighted by molar-refractivity contribution is 7.09. The monoisotopic (exact) mass is 253 g/mol. The van der Waals surface area contributed by atoms with Crippen LogP contribution < -0.4 is 4.74 Å². The molecule has 1 N–H and O–H groups in total. The molecule has 0 aliphatic heterocycles. The fourth-order valence-corrected chi connectivity index (χ4v) is 2.08. The summed E-state index contributed by atoms with van der Waals surface area (Å²) in [5.74, 6) is -0.630. The van der Waals surface area contributed by atoms with Crippen molar-refractivity contribution in [3.8, 4) is 5.88 Å². The zero-order chi connectivity index (χ0) is 12.1. The summed E-state index contributed by atoms with van der Waals surface area (Å²) in [5.41, 5.74) is 0.200. The van der Waals surface area contributed by atoms with Crippen LogP contribution in [0.3, 0.4) is 0 Å². The SMILES string of the molecule is OCc1ccnc(OCCc2cccs2)c1F. The maximum atomic E-state index is 13.6. The van der Waals surface area contributed by atoms with Crippen LogP contribution in [0.5, 0.6) is 5.88 Å². The van der Waals surface area contributed by atoms with Crippen molar-refractivity contribution in [2.24, 2.45) is 0 Å². The zero-order valence-electron chi connectivity index (χ0n) is 9.10. The number of aromatic nitrogens is 1. The van der Waals surface area contributed by atoms with E-state index in [-0.39, 0.29) is 18.1 Å². The van der Waals surface area contributed by atoms with Gasteiger partial charge in [-0.3, -0.25) is 0 Å². The third-order valence-electron chi connectivity index (χ3n) is 2.27. The molecule has 2 aromatic heterocycles. The van der Waals surface area contributed by atoms with Gasteiger partial charge in [0.25, 0.3) is 5.88 Å². The normalized spacial score (nSPS) is 10.5. The Morgan fingerprint density at radius 2 is 2.29 bits per heavy atom. The lowest BCUT2D eigenvalue weighted by Gasteiger charge is -2.07. The summed E-state index contributed by atoms with van der Waals surface area (Å²) in [6, 6.07) is 5.40. The van der Waals surface area contributed by atoms with Crippen LogP contribution in [-0.2, 0) is 13.0 Å². The van der Waals surface area contributed by atoms with Gasteiger partial charge in [0.2, 0.25) is 0 Å². The van der Waals surface area contributed by atoms with E-state index in [9.17, 15) is 4.39 Å². The number of nitrogens with zero attached hydrogens (tertiary/aromatic N) is 1. The molecule has 5 heteroatoms. The van der Waals surface area contributed by atoms with Crippen molar-refractivity contribution >= 4 is 11.3 Å². The molecule has 90 valence electrons. The van der Waals surface area contributed by atoms with Gasteiger partial charge in [-0.25, -0.2) is 9.37 Å². The van der Waals surface area contributed by atoms with E-state index in [0.717, 1.165) is 6.42 Å². The van der Waals surface area contributed by atoms with Gasteiger partial charge >= 0.3 is 0 Å². The Kier molecular flexibility index (Phi) is 4.06. The predicted octanol–water partition coefficient (Wildman–Crippen LogP) is 2.40. The van der Waals surface area contributed by atoms with Gasteiger partial charge in [0.15, 0.2) is 5.82 Å². The molecule has 2 aromatic rings. The highest BCUT2D eigenvalue weighted by Crippen LogP contribution is 2.18. The van der Waals surface area contributed by atoms with Crippen molar-refractivity contribution in [1.29, 1.82) is 0 Å². The van der Waals surface area contributed by atoms with Gasteiger partial charge in [-0.15, -0.1) is 11.3 Å². The van der Waals surface area contributed by atoms with Crippen molar-refractivity contribution in [2.75, 3.05) is 6.61 Å². The van der Waals surface area contributed by atoms with Gasteiger partial charge in [0.05, 0.1) is 13.2 Å². The van der Waals surface area contributed by atoms with Crippen LogP contribution in [-0.4, -0.2) is 16.7 Å². The average Bonchev–Trinajstić information content (AvgIpc) is 2.84. The van der Waals surface area contributed by atoms with E-state index in [2.05, 4.69) is 4.98 Å². The van der Waals surface area contributed by atoms with E-state index < -0.39 is 5.82 Å². The summed E-state index contributed by atoms with van der Waals surface area (Å²) in [4.78, 5) is 4.98. The summed E-state index contributed by atoms with van der Waals surface area (Å²) < 4.78 is 18.9. The first-order valence-electron chi connectivity index (χ1n) is 5.20. The third kappa shape index (κ3) is 3.01. The zero-order valence-corrected chi connectivity index (χ0v) is 9.91. The Morgan fingerprint density at radius 1 is 1.41 bits per heavy atom. The lowest BCUT2D eigenvalue weighted by Crippen LogP contribution is -2.05. The van der Waals surface area contributed by atoms with Crippen molar-refractivity contribution in [3.05, 3.63) is 46.0 Å². The molecule has 2 rings (SSSR count). The summed E-state index contributed by atoms with van der Waals surface area (Å²) in [5, 5.41) is 10.9. The van der Waals surface area contributed by atoms with Crippen LogP contribution in [0.15, 0.2) is 29.8 Å². The van der Waals surface area contributed by atoms with Crippen LogP contribution in [0.1, 0.15) is 10.4 Å². The molecule has 0 spiro atoms. The minimum absolute atomic E-state index is 0.0480. The number of thiophene rings is 1. The van der Waals surface area contributed by atoms with Crippen LogP contribution in [0.25, 0.3) is 0 Å². The lowest BCUT2D eigenvalue weighted by molar-refractivity contribution is 0.262. The van der Waals surface area contributed by atoms with Gasteiger partial charge in [0.1, 0.15) is 0 Å². The number of aliphatic hydroxyl groups excluding tert-OH is 1. The summed E-state index contributed by atoms with van der Waals surface area (Å²) >= 11 is 1.64. The van der Waals surface area contributed by atoms with E-state index in [1.165, 1.54) is 17.1 Å². The smallest absolute Gasteiger partial charge is 0.250 e. The van der Waals surface area contributed by atoms with E-state index in [4.69, 9.17) is 9.84 Å². The Bertz CT molecular complexity index is 473. The molecule has 0 saturated carbocycles. The molecule has 17 heavy (non-hydrogen) atoms. The number of hydrogen-bond acceptors (Lipinski definition) is 4. The van der Waals surface area contributed by atoms with Crippen molar-refractivity contribution in [1.82, 2.24) is 4.98 Å². The van der Waals surface area contributed by atoms with Gasteiger partial charge in [0, 0.05) is 23.1 Å². The Hall–Kier alpha value is -1.46. The second-order valence-electron chi connectivity index (χ2n) is 3.43. The highest BCUT2D eigenvalue weighted by Gasteiger charge is 2.09. The molecule has 2 heterocycles. The molecule has 0 bridgehead atoms. The number of halogens is 1. The summed E-state index contributed by atoms with van der Waals surface area (Å²) in [6.45, 7) is 0.0228. The predicted molar refractivity (Wildman–Crippen MR) is 63.6 cm³/mol. The van der Waals surface area contributed by atoms with E-state index in [0.29, 0.717) is 6.61 Å². The first-order chi connectivity index (χ1) is 8.31. The largest absolute Gasteiger partial charge is 0.475 e. The van der Waals surface area contributed by atoms with Crippen molar-refractivity contribution < 1.29 is 14.2 Å². The molecule has 0 radical (unpaired) electrons. The Morgan fingerprint density at radius 3 is 3.00 bits per heavy atom. The van der Waals surface area contributed by atoms with Gasteiger partial charge in [-0.2, -0.15) is 0 Å². The molecule has 0 atom stereocenters. The fraction of sp³-hybridized carbons (Fsp3) is 0.250. The molecule has 0 amide bonds. The number of ether oxygens (including phenoxy) is 1.